The predicted molar refractivity (Wildman–Crippen MR) is 234 cm³/mol. The minimum atomic E-state index is -0.914. The van der Waals surface area contributed by atoms with Gasteiger partial charge in [0.05, 0.1) is 23.4 Å². The molecule has 3 aromatic rings. The number of unbranched alkanes of at least 4 members (excludes halogenated alkanes) is 1. The summed E-state index contributed by atoms with van der Waals surface area (Å²) in [5, 5.41) is 30.4. The van der Waals surface area contributed by atoms with Gasteiger partial charge in [0.25, 0.3) is 0 Å². The standard InChI is InChI=1S/C36H46N6O4.C4H11N.C3H6O3.CH4O/c1-9-11-12-42(8)33(43)14-24-30-13-19(3)26(38-30)15-27-21(5)25(18-37-7)32(40-27)16-28-20(4)23(10-2)31(39-28)17-29-22(6)34(35(24)41-29)36(44)46-45;1-3-4-5-2;1-2-3(4)6-5;1-2/h15-17,19,37,39-40,45H,9-14,18H2,1-8H3;5H,3-4H2,1-2H3;5H,2H2,1H3;2H,1H3. The summed E-state index contributed by atoms with van der Waals surface area (Å²) in [6.45, 7) is 18.6. The Bertz CT molecular complexity index is 2080. The molecule has 7 N–H and O–H groups in total. The third kappa shape index (κ3) is 12.8. The molecule has 59 heavy (non-hydrogen) atoms. The van der Waals surface area contributed by atoms with E-state index in [0.717, 1.165) is 77.4 Å². The number of hydrogen-bond acceptors (Lipinski definition) is 12. The first kappa shape index (κ1) is 50.2. The smallest absolute Gasteiger partial charge is 0.375 e. The van der Waals surface area contributed by atoms with Gasteiger partial charge in [-0.25, -0.2) is 14.6 Å². The molecule has 0 aliphatic carbocycles. The SMILES string of the molecule is CCC(=O)OO.CCCCN(C)C(=O)Cc1c2nc(cc3[nH]c(cc4[nH]c(cc5nc1C(C(=O)OO)=C5C)c(CC)c4C)c(CNC)c3C)C(C)C2.CCCNC.CO. The molecular formula is C44H67N7O8. The van der Waals surface area contributed by atoms with Crippen molar-refractivity contribution < 1.29 is 39.8 Å². The fraction of sp³-hybridized carbons (Fsp3) is 0.523. The molecular weight excluding hydrogens is 755 g/mol. The molecule has 15 nitrogen and oxygen atoms in total. The molecule has 15 heteroatoms. The Labute approximate surface area is 348 Å². The molecule has 8 bridgehead atoms. The van der Waals surface area contributed by atoms with E-state index in [9.17, 15) is 19.6 Å². The van der Waals surface area contributed by atoms with Crippen LogP contribution in [0.5, 0.6) is 0 Å². The van der Waals surface area contributed by atoms with Crippen LogP contribution in [0.25, 0.3) is 33.2 Å². The van der Waals surface area contributed by atoms with E-state index in [-0.39, 0.29) is 30.2 Å². The van der Waals surface area contributed by atoms with E-state index in [1.807, 2.05) is 20.2 Å². The number of nitrogens with zero attached hydrogens (tertiary/aromatic N) is 3. The summed E-state index contributed by atoms with van der Waals surface area (Å²) in [5.74, 6) is -1.54. The van der Waals surface area contributed by atoms with Crippen LogP contribution in [0.3, 0.4) is 0 Å². The van der Waals surface area contributed by atoms with Gasteiger partial charge in [0, 0.05) is 78.6 Å². The average molecular weight is 822 g/mol. The van der Waals surface area contributed by atoms with Gasteiger partial charge in [-0.3, -0.25) is 14.7 Å². The minimum absolute atomic E-state index is 0.0135. The molecule has 0 radical (unpaired) electrons. The molecule has 1 unspecified atom stereocenters. The largest absolute Gasteiger partial charge is 0.400 e. The molecule has 0 spiro atoms. The van der Waals surface area contributed by atoms with E-state index in [1.165, 1.54) is 12.0 Å². The minimum Gasteiger partial charge on any atom is -0.400 e. The van der Waals surface area contributed by atoms with Crippen LogP contribution in [0, 0.1) is 13.8 Å². The number of aromatic amines is 2. The van der Waals surface area contributed by atoms with E-state index < -0.39 is 11.9 Å². The van der Waals surface area contributed by atoms with Crippen molar-refractivity contribution in [2.45, 2.75) is 113 Å². The number of carbonyl (C=O) groups excluding carboxylic acids is 3. The van der Waals surface area contributed by atoms with Crippen molar-refractivity contribution in [1.29, 1.82) is 0 Å². The van der Waals surface area contributed by atoms with Crippen molar-refractivity contribution in [3.05, 3.63) is 68.8 Å². The first-order valence-electron chi connectivity index (χ1n) is 20.4. The van der Waals surface area contributed by atoms with Gasteiger partial charge in [0.1, 0.15) is 0 Å². The number of hydrogen-bond donors (Lipinski definition) is 7. The Morgan fingerprint density at radius 1 is 0.847 bits per heavy atom. The summed E-state index contributed by atoms with van der Waals surface area (Å²) in [4.78, 5) is 63.1. The van der Waals surface area contributed by atoms with E-state index in [2.05, 4.69) is 84.1 Å². The van der Waals surface area contributed by atoms with Crippen LogP contribution in [0.15, 0.2) is 18.2 Å². The number of nitrogens with one attached hydrogen (secondary N) is 4. The molecule has 0 fully saturated rings. The lowest BCUT2D eigenvalue weighted by molar-refractivity contribution is -0.233. The maximum Gasteiger partial charge on any atom is 0.375 e. The monoisotopic (exact) mass is 822 g/mol. The number of likely N-dealkylation sites (N-methyl/N-ethyl adjacent to an activating group) is 1. The third-order valence-electron chi connectivity index (χ3n) is 10.4. The molecule has 1 amide bonds. The number of rotatable bonds is 12. The predicted octanol–water partition coefficient (Wildman–Crippen LogP) is 6.94. The average Bonchev–Trinajstić information content (AvgIpc) is 3.94. The second-order valence-corrected chi connectivity index (χ2v) is 14.5. The molecule has 1 atom stereocenters. The number of H-pyrrole nitrogens is 2. The Hall–Kier alpha value is -4.93. The number of aliphatic hydroxyl groups is 1. The van der Waals surface area contributed by atoms with Crippen LogP contribution in [0.1, 0.15) is 124 Å². The molecule has 0 aromatic carbocycles. The van der Waals surface area contributed by atoms with Gasteiger partial charge in [0.15, 0.2) is 0 Å². The zero-order chi connectivity index (χ0) is 44.4. The van der Waals surface area contributed by atoms with Gasteiger partial charge in [-0.2, -0.15) is 10.5 Å². The van der Waals surface area contributed by atoms with Gasteiger partial charge in [-0.15, -0.1) is 0 Å². The number of amides is 1. The third-order valence-corrected chi connectivity index (χ3v) is 10.4. The van der Waals surface area contributed by atoms with Crippen LogP contribution >= 0.6 is 0 Å². The first-order valence-corrected chi connectivity index (χ1v) is 20.4. The molecule has 0 saturated heterocycles. The highest BCUT2D eigenvalue weighted by molar-refractivity contribution is 6.25. The van der Waals surface area contributed by atoms with E-state index in [1.54, 1.807) is 25.8 Å². The zero-order valence-corrected chi connectivity index (χ0v) is 37.1. The summed E-state index contributed by atoms with van der Waals surface area (Å²) in [5.41, 5.74) is 12.2. The van der Waals surface area contributed by atoms with Crippen molar-refractivity contribution in [2.75, 3.05) is 41.3 Å². The van der Waals surface area contributed by atoms with Crippen molar-refractivity contribution in [2.24, 2.45) is 0 Å². The number of aromatic nitrogens is 4. The second kappa shape index (κ2) is 24.9. The Morgan fingerprint density at radius 3 is 1.98 bits per heavy atom. The summed E-state index contributed by atoms with van der Waals surface area (Å²) in [6.07, 6.45) is 4.68. The van der Waals surface area contributed by atoms with Gasteiger partial charge >= 0.3 is 11.9 Å². The van der Waals surface area contributed by atoms with E-state index in [0.29, 0.717) is 47.7 Å². The van der Waals surface area contributed by atoms with E-state index >= 15 is 0 Å². The summed E-state index contributed by atoms with van der Waals surface area (Å²) >= 11 is 0. The second-order valence-electron chi connectivity index (χ2n) is 14.5. The number of aliphatic hydroxyl groups excluding tert-OH is 1. The Morgan fingerprint density at radius 2 is 1.47 bits per heavy atom. The number of allylic oxidation sites excluding steroid dienone is 1. The lowest BCUT2D eigenvalue weighted by Crippen LogP contribution is -2.29. The molecule has 2 aliphatic heterocycles. The molecule has 3 aromatic heterocycles. The highest BCUT2D eigenvalue weighted by Gasteiger charge is 2.31. The van der Waals surface area contributed by atoms with Crippen molar-refractivity contribution >= 4 is 51.1 Å². The maximum atomic E-state index is 13.6. The van der Waals surface area contributed by atoms with Crippen LogP contribution in [0.4, 0.5) is 0 Å². The maximum absolute atomic E-state index is 13.6. The van der Waals surface area contributed by atoms with Crippen LogP contribution < -0.4 is 10.6 Å². The molecule has 5 rings (SSSR count). The quantitative estimate of drug-likeness (QED) is 0.0731. The van der Waals surface area contributed by atoms with Gasteiger partial charge in [-0.1, -0.05) is 41.0 Å². The van der Waals surface area contributed by atoms with Crippen LogP contribution in [-0.4, -0.2) is 99.6 Å². The lowest BCUT2D eigenvalue weighted by atomic mass is 9.96. The van der Waals surface area contributed by atoms with Crippen LogP contribution in [-0.2, 0) is 50.0 Å². The van der Waals surface area contributed by atoms with Gasteiger partial charge in [0.2, 0.25) is 5.91 Å². The fourth-order valence-electron chi connectivity index (χ4n) is 6.92. The number of carbonyl (C=O) groups is 3. The van der Waals surface area contributed by atoms with Gasteiger partial charge in [-0.05, 0) is 113 Å². The van der Waals surface area contributed by atoms with Crippen molar-refractivity contribution in [3.63, 3.8) is 0 Å². The molecule has 5 heterocycles. The Kier molecular flexibility index (Phi) is 21.2. The highest BCUT2D eigenvalue weighted by atomic mass is 17.1. The number of fused-ring (bicyclic) bond motifs is 8. The lowest BCUT2D eigenvalue weighted by Gasteiger charge is -2.18. The zero-order valence-electron chi connectivity index (χ0n) is 37.1. The summed E-state index contributed by atoms with van der Waals surface area (Å²) in [6, 6.07) is 6.20. The molecule has 2 aliphatic rings. The molecule has 0 saturated carbocycles. The summed E-state index contributed by atoms with van der Waals surface area (Å²) < 4.78 is 0. The first-order chi connectivity index (χ1) is 28.2. The normalized spacial score (nSPS) is 13.0. The highest BCUT2D eigenvalue weighted by Crippen LogP contribution is 2.37. The van der Waals surface area contributed by atoms with Crippen molar-refractivity contribution in [1.82, 2.24) is 35.5 Å². The van der Waals surface area contributed by atoms with E-state index in [4.69, 9.17) is 20.3 Å². The van der Waals surface area contributed by atoms with Crippen LogP contribution in [0.2, 0.25) is 0 Å². The fourth-order valence-corrected chi connectivity index (χ4v) is 6.92. The topological polar surface area (TPSA) is 215 Å². The number of aryl methyl sites for hydroxylation is 3. The van der Waals surface area contributed by atoms with Crippen molar-refractivity contribution in [3.8, 4) is 0 Å². The summed E-state index contributed by atoms with van der Waals surface area (Å²) in [7, 11) is 6.71. The molecule has 326 valence electrons. The van der Waals surface area contributed by atoms with Gasteiger partial charge < -0.3 is 35.5 Å². The Balaban J connectivity index is 0.000000806.